The Morgan fingerprint density at radius 2 is 2.20 bits per heavy atom. The second kappa shape index (κ2) is 5.24. The fraction of sp³-hybridized carbons (Fsp3) is 0.462. The molecule has 0 aromatic carbocycles. The van der Waals surface area contributed by atoms with Gasteiger partial charge in [-0.2, -0.15) is 4.98 Å². The van der Waals surface area contributed by atoms with E-state index in [1.165, 1.54) is 11.3 Å². The Bertz CT molecular complexity index is 625. The molecule has 0 unspecified atom stereocenters. The van der Waals surface area contributed by atoms with Gasteiger partial charge in [0.05, 0.1) is 0 Å². The van der Waals surface area contributed by atoms with Crippen LogP contribution in [0.25, 0.3) is 0 Å². The number of aromatic nitrogens is 2. The zero-order valence-corrected chi connectivity index (χ0v) is 12.6. The molecule has 1 N–H and O–H groups in total. The van der Waals surface area contributed by atoms with Gasteiger partial charge in [-0.3, -0.25) is 0 Å². The van der Waals surface area contributed by atoms with Crippen LogP contribution >= 0.6 is 11.3 Å². The van der Waals surface area contributed by atoms with Crippen LogP contribution in [0.3, 0.4) is 0 Å². The van der Waals surface area contributed by atoms with Crippen molar-refractivity contribution >= 4 is 17.3 Å². The van der Waals surface area contributed by atoms with Gasteiger partial charge in [-0.1, -0.05) is 25.9 Å². The molecule has 0 aliphatic carbocycles. The third kappa shape index (κ3) is 3.16. The molecule has 20 heavy (non-hydrogen) atoms. The van der Waals surface area contributed by atoms with E-state index in [0.717, 1.165) is 4.88 Å². The summed E-state index contributed by atoms with van der Waals surface area (Å²) in [4.78, 5) is 16.4. The summed E-state index contributed by atoms with van der Waals surface area (Å²) in [6.45, 7) is 7.81. The zero-order chi connectivity index (χ0) is 14.9. The van der Waals surface area contributed by atoms with Crippen LogP contribution in [-0.2, 0) is 12.0 Å². The molecular weight excluding hydrogens is 280 g/mol. The van der Waals surface area contributed by atoms with Crippen molar-refractivity contribution in [3.05, 3.63) is 27.5 Å². The van der Waals surface area contributed by atoms with Gasteiger partial charge in [-0.05, 0) is 13.0 Å². The maximum atomic E-state index is 11.1. The molecule has 2 rings (SSSR count). The van der Waals surface area contributed by atoms with Gasteiger partial charge in [-0.25, -0.2) is 4.79 Å². The smallest absolute Gasteiger partial charge is 0.349 e. The lowest BCUT2D eigenvalue weighted by atomic mass is 9.97. The minimum absolute atomic E-state index is 0.0794. The summed E-state index contributed by atoms with van der Waals surface area (Å²) in [5, 5.41) is 12.9. The molecular formula is C13H16N2O4S. The van der Waals surface area contributed by atoms with Gasteiger partial charge in [0.1, 0.15) is 5.75 Å². The van der Waals surface area contributed by atoms with E-state index in [1.807, 2.05) is 27.7 Å². The number of thiophene rings is 1. The third-order valence-corrected chi connectivity index (χ3v) is 3.50. The van der Waals surface area contributed by atoms with E-state index >= 15 is 0 Å². The summed E-state index contributed by atoms with van der Waals surface area (Å²) in [5.74, 6) is 0.259. The van der Waals surface area contributed by atoms with Crippen LogP contribution in [0.5, 0.6) is 5.75 Å². The normalized spacial score (nSPS) is 11.6. The standard InChI is InChI=1S/C13H16N2O4S/c1-7-5-8(10(20-7)11(16)17)18-6-9-14-12(19-15-9)13(2,3)4/h5H,6H2,1-4H3,(H,16,17). The van der Waals surface area contributed by atoms with Crippen molar-refractivity contribution in [2.45, 2.75) is 39.7 Å². The molecule has 0 fully saturated rings. The van der Waals surface area contributed by atoms with Crippen molar-refractivity contribution in [3.8, 4) is 5.75 Å². The number of rotatable bonds is 4. The number of aromatic carboxylic acids is 1. The first kappa shape index (κ1) is 14.5. The van der Waals surface area contributed by atoms with E-state index in [1.54, 1.807) is 6.07 Å². The zero-order valence-electron chi connectivity index (χ0n) is 11.8. The molecule has 0 saturated heterocycles. The Morgan fingerprint density at radius 1 is 1.50 bits per heavy atom. The molecule has 2 aromatic rings. The first-order valence-corrected chi connectivity index (χ1v) is 6.88. The number of carboxylic acids is 1. The number of carbonyl (C=O) groups is 1. The maximum absolute atomic E-state index is 11.1. The highest BCUT2D eigenvalue weighted by atomic mass is 32.1. The monoisotopic (exact) mass is 296 g/mol. The fourth-order valence-electron chi connectivity index (χ4n) is 1.51. The average Bonchev–Trinajstić information content (AvgIpc) is 2.91. The Hall–Kier alpha value is -1.89. The SMILES string of the molecule is Cc1cc(OCc2noc(C(C)(C)C)n2)c(C(=O)O)s1. The van der Waals surface area contributed by atoms with Crippen LogP contribution < -0.4 is 4.74 Å². The second-order valence-electron chi connectivity index (χ2n) is 5.41. The van der Waals surface area contributed by atoms with E-state index in [0.29, 0.717) is 17.5 Å². The lowest BCUT2D eigenvalue weighted by Crippen LogP contribution is -2.11. The molecule has 2 heterocycles. The summed E-state index contributed by atoms with van der Waals surface area (Å²) < 4.78 is 10.6. The van der Waals surface area contributed by atoms with E-state index in [9.17, 15) is 4.79 Å². The molecule has 2 aromatic heterocycles. The van der Waals surface area contributed by atoms with Crippen LogP contribution in [0.4, 0.5) is 0 Å². The summed E-state index contributed by atoms with van der Waals surface area (Å²) in [7, 11) is 0. The molecule has 0 aliphatic heterocycles. The van der Waals surface area contributed by atoms with Crippen LogP contribution in [0, 0.1) is 6.92 Å². The minimum Gasteiger partial charge on any atom is -0.484 e. The topological polar surface area (TPSA) is 85.5 Å². The lowest BCUT2D eigenvalue weighted by Gasteiger charge is -2.10. The van der Waals surface area contributed by atoms with Crippen molar-refractivity contribution in [3.63, 3.8) is 0 Å². The molecule has 6 nitrogen and oxygen atoms in total. The molecule has 7 heteroatoms. The van der Waals surface area contributed by atoms with Gasteiger partial charge in [0.2, 0.25) is 11.7 Å². The highest BCUT2D eigenvalue weighted by Gasteiger charge is 2.22. The number of carboxylic acid groups (broad SMARTS) is 1. The molecule has 108 valence electrons. The van der Waals surface area contributed by atoms with Gasteiger partial charge < -0.3 is 14.4 Å². The van der Waals surface area contributed by atoms with Crippen LogP contribution in [0.15, 0.2) is 10.6 Å². The van der Waals surface area contributed by atoms with Crippen molar-refractivity contribution in [1.29, 1.82) is 0 Å². The summed E-state index contributed by atoms with van der Waals surface area (Å²) in [6, 6.07) is 1.69. The van der Waals surface area contributed by atoms with Crippen LogP contribution in [0.1, 0.15) is 47.0 Å². The summed E-state index contributed by atoms with van der Waals surface area (Å²) >= 11 is 1.18. The molecule has 0 atom stereocenters. The summed E-state index contributed by atoms with van der Waals surface area (Å²) in [5.41, 5.74) is -0.226. The predicted octanol–water partition coefficient (Wildman–Crippen LogP) is 3.01. The number of hydrogen-bond donors (Lipinski definition) is 1. The largest absolute Gasteiger partial charge is 0.484 e. The second-order valence-corrected chi connectivity index (χ2v) is 6.67. The van der Waals surface area contributed by atoms with E-state index < -0.39 is 5.97 Å². The molecule has 0 amide bonds. The highest BCUT2D eigenvalue weighted by Crippen LogP contribution is 2.29. The minimum atomic E-state index is -0.999. The van der Waals surface area contributed by atoms with Gasteiger partial charge in [0.15, 0.2) is 11.5 Å². The third-order valence-electron chi connectivity index (χ3n) is 2.48. The van der Waals surface area contributed by atoms with Crippen molar-refractivity contribution < 1.29 is 19.2 Å². The van der Waals surface area contributed by atoms with Crippen LogP contribution in [0.2, 0.25) is 0 Å². The van der Waals surface area contributed by atoms with Crippen molar-refractivity contribution in [1.82, 2.24) is 10.1 Å². The number of nitrogens with zero attached hydrogens (tertiary/aromatic N) is 2. The van der Waals surface area contributed by atoms with Gasteiger partial charge >= 0.3 is 5.97 Å². The fourth-order valence-corrected chi connectivity index (χ4v) is 2.30. The van der Waals surface area contributed by atoms with Crippen molar-refractivity contribution in [2.24, 2.45) is 0 Å². The Kier molecular flexibility index (Phi) is 3.80. The van der Waals surface area contributed by atoms with E-state index in [2.05, 4.69) is 10.1 Å². The number of hydrogen-bond acceptors (Lipinski definition) is 6. The summed E-state index contributed by atoms with van der Waals surface area (Å²) in [6.07, 6.45) is 0. The van der Waals surface area contributed by atoms with Crippen molar-refractivity contribution in [2.75, 3.05) is 0 Å². The Labute approximate surface area is 120 Å². The lowest BCUT2D eigenvalue weighted by molar-refractivity contribution is 0.0697. The Balaban J connectivity index is 2.09. The molecule has 0 bridgehead atoms. The van der Waals surface area contributed by atoms with Crippen LogP contribution in [-0.4, -0.2) is 21.2 Å². The molecule has 0 aliphatic rings. The first-order chi connectivity index (χ1) is 9.27. The Morgan fingerprint density at radius 3 is 2.75 bits per heavy atom. The van der Waals surface area contributed by atoms with E-state index in [4.69, 9.17) is 14.4 Å². The van der Waals surface area contributed by atoms with E-state index in [-0.39, 0.29) is 16.9 Å². The molecule has 0 spiro atoms. The maximum Gasteiger partial charge on any atom is 0.349 e. The van der Waals surface area contributed by atoms with Gasteiger partial charge in [0, 0.05) is 10.3 Å². The average molecular weight is 296 g/mol. The quantitative estimate of drug-likeness (QED) is 0.933. The predicted molar refractivity (Wildman–Crippen MR) is 73.3 cm³/mol. The van der Waals surface area contributed by atoms with Gasteiger partial charge in [-0.15, -0.1) is 11.3 Å². The molecule has 0 radical (unpaired) electrons. The number of aryl methyl sites for hydroxylation is 1. The molecule has 0 saturated carbocycles. The first-order valence-electron chi connectivity index (χ1n) is 6.07. The van der Waals surface area contributed by atoms with Gasteiger partial charge in [0.25, 0.3) is 0 Å². The highest BCUT2D eigenvalue weighted by molar-refractivity contribution is 7.14. The number of ether oxygens (including phenoxy) is 1.